The van der Waals surface area contributed by atoms with Gasteiger partial charge in [0.1, 0.15) is 6.04 Å². The van der Waals surface area contributed by atoms with Crippen LogP contribution in [0.4, 0.5) is 0 Å². The molecule has 3 heterocycles. The summed E-state index contributed by atoms with van der Waals surface area (Å²) in [6, 6.07) is -0.316. The summed E-state index contributed by atoms with van der Waals surface area (Å²) in [7, 11) is 0. The van der Waals surface area contributed by atoms with Crippen molar-refractivity contribution in [2.45, 2.75) is 44.5 Å². The summed E-state index contributed by atoms with van der Waals surface area (Å²) in [5.74, 6) is 1.03. The van der Waals surface area contributed by atoms with Crippen molar-refractivity contribution in [1.29, 1.82) is 0 Å². The van der Waals surface area contributed by atoms with Crippen molar-refractivity contribution in [3.8, 4) is 0 Å². The minimum atomic E-state index is -0.316. The van der Waals surface area contributed by atoms with Crippen molar-refractivity contribution in [3.63, 3.8) is 0 Å². The second kappa shape index (κ2) is 7.76. The number of piperazine rings is 1. The third-order valence-corrected chi connectivity index (χ3v) is 7.39. The number of fused-ring (bicyclic) bond motifs is 1. The van der Waals surface area contributed by atoms with Crippen LogP contribution >= 0.6 is 11.8 Å². The van der Waals surface area contributed by atoms with Crippen molar-refractivity contribution in [2.24, 2.45) is 0 Å². The first kappa shape index (κ1) is 19.5. The summed E-state index contributed by atoms with van der Waals surface area (Å²) >= 11 is 1.73. The molecular formula is C18H30N4O3S. The number of hydrogen-bond donors (Lipinski definition) is 0. The van der Waals surface area contributed by atoms with Gasteiger partial charge < -0.3 is 14.7 Å². The Hall–Kier alpha value is -1.28. The standard InChI is InChI=1S/C18H30N4O3S/c1-4-20(5-2)16(24)12-19-8-10-21(11-9-19)17(25)14-13-26-18(3)7-6-15(23)22(14)18/h14H,4-13H2,1-3H3. The lowest BCUT2D eigenvalue weighted by Crippen LogP contribution is -2.57. The molecule has 146 valence electrons. The number of rotatable bonds is 5. The molecule has 0 aliphatic carbocycles. The predicted molar refractivity (Wildman–Crippen MR) is 102 cm³/mol. The van der Waals surface area contributed by atoms with Crippen molar-refractivity contribution < 1.29 is 14.4 Å². The highest BCUT2D eigenvalue weighted by molar-refractivity contribution is 8.01. The molecule has 0 radical (unpaired) electrons. The lowest BCUT2D eigenvalue weighted by molar-refractivity contribution is -0.145. The zero-order valence-corrected chi connectivity index (χ0v) is 16.9. The maximum absolute atomic E-state index is 13.0. The van der Waals surface area contributed by atoms with Gasteiger partial charge in [-0.25, -0.2) is 0 Å². The van der Waals surface area contributed by atoms with Crippen LogP contribution in [0, 0.1) is 0 Å². The fraction of sp³-hybridized carbons (Fsp3) is 0.833. The topological polar surface area (TPSA) is 64.2 Å². The molecule has 0 aromatic rings. The number of carbonyl (C=O) groups excluding carboxylic acids is 3. The van der Waals surface area contributed by atoms with E-state index in [-0.39, 0.29) is 28.6 Å². The molecule has 3 fully saturated rings. The molecular weight excluding hydrogens is 352 g/mol. The van der Waals surface area contributed by atoms with Gasteiger partial charge in [-0.3, -0.25) is 19.3 Å². The summed E-state index contributed by atoms with van der Waals surface area (Å²) in [6.45, 7) is 10.6. The quantitative estimate of drug-likeness (QED) is 0.691. The highest BCUT2D eigenvalue weighted by Gasteiger charge is 2.53. The normalized spacial score (nSPS) is 29.2. The van der Waals surface area contributed by atoms with Crippen LogP contribution in [0.1, 0.15) is 33.6 Å². The molecule has 3 rings (SSSR count). The second-order valence-corrected chi connectivity index (χ2v) is 8.93. The molecule has 0 aromatic heterocycles. The Bertz CT molecular complexity index is 575. The number of likely N-dealkylation sites (N-methyl/N-ethyl adjacent to an activating group) is 1. The number of thioether (sulfide) groups is 1. The maximum Gasteiger partial charge on any atom is 0.246 e. The van der Waals surface area contributed by atoms with E-state index in [4.69, 9.17) is 0 Å². The van der Waals surface area contributed by atoms with Gasteiger partial charge in [-0.05, 0) is 27.2 Å². The molecule has 0 spiro atoms. The smallest absolute Gasteiger partial charge is 0.246 e. The molecule has 3 saturated heterocycles. The van der Waals surface area contributed by atoms with E-state index in [9.17, 15) is 14.4 Å². The molecule has 0 aromatic carbocycles. The summed E-state index contributed by atoms with van der Waals surface area (Å²) in [5, 5.41) is 0. The fourth-order valence-electron chi connectivity index (χ4n) is 4.21. The lowest BCUT2D eigenvalue weighted by atomic mass is 10.2. The maximum atomic E-state index is 13.0. The van der Waals surface area contributed by atoms with E-state index < -0.39 is 0 Å². The minimum Gasteiger partial charge on any atom is -0.342 e. The lowest BCUT2D eigenvalue weighted by Gasteiger charge is -2.38. The molecule has 0 N–H and O–H groups in total. The number of carbonyl (C=O) groups is 3. The van der Waals surface area contributed by atoms with Crippen molar-refractivity contribution in [1.82, 2.24) is 19.6 Å². The van der Waals surface area contributed by atoms with Crippen LogP contribution in [0.25, 0.3) is 0 Å². The van der Waals surface area contributed by atoms with E-state index in [0.29, 0.717) is 44.9 Å². The van der Waals surface area contributed by atoms with Gasteiger partial charge in [0.25, 0.3) is 0 Å². The molecule has 26 heavy (non-hydrogen) atoms. The van der Waals surface area contributed by atoms with E-state index in [0.717, 1.165) is 19.5 Å². The van der Waals surface area contributed by atoms with Crippen LogP contribution in [-0.2, 0) is 14.4 Å². The van der Waals surface area contributed by atoms with E-state index in [1.165, 1.54) is 0 Å². The summed E-state index contributed by atoms with van der Waals surface area (Å²) in [5.41, 5.74) is 0. The zero-order valence-electron chi connectivity index (χ0n) is 16.1. The van der Waals surface area contributed by atoms with Gasteiger partial charge in [-0.2, -0.15) is 0 Å². The summed E-state index contributed by atoms with van der Waals surface area (Å²) < 4.78 is 0. The first-order valence-electron chi connectivity index (χ1n) is 9.64. The Balaban J connectivity index is 1.53. The van der Waals surface area contributed by atoms with Gasteiger partial charge in [-0.1, -0.05) is 0 Å². The van der Waals surface area contributed by atoms with Crippen molar-refractivity contribution in [3.05, 3.63) is 0 Å². The van der Waals surface area contributed by atoms with E-state index >= 15 is 0 Å². The summed E-state index contributed by atoms with van der Waals surface area (Å²) in [4.78, 5) is 45.0. The molecule has 0 saturated carbocycles. The van der Waals surface area contributed by atoms with Gasteiger partial charge >= 0.3 is 0 Å². The van der Waals surface area contributed by atoms with E-state index in [2.05, 4.69) is 11.8 Å². The molecule has 3 aliphatic rings. The van der Waals surface area contributed by atoms with Gasteiger partial charge in [0.15, 0.2) is 0 Å². The Morgan fingerprint density at radius 3 is 2.46 bits per heavy atom. The first-order valence-corrected chi connectivity index (χ1v) is 10.6. The highest BCUT2D eigenvalue weighted by atomic mass is 32.2. The van der Waals surface area contributed by atoms with E-state index in [1.54, 1.807) is 11.8 Å². The first-order chi connectivity index (χ1) is 12.4. The second-order valence-electron chi connectivity index (χ2n) is 7.43. The molecule has 0 bridgehead atoms. The molecule has 3 aliphatic heterocycles. The fourth-order valence-corrected chi connectivity index (χ4v) is 5.63. The van der Waals surface area contributed by atoms with Gasteiger partial charge in [0.05, 0.1) is 11.4 Å². The summed E-state index contributed by atoms with van der Waals surface area (Å²) in [6.07, 6.45) is 1.38. The predicted octanol–water partition coefficient (Wildman–Crippen LogP) is 0.453. The van der Waals surface area contributed by atoms with Gasteiger partial charge in [-0.15, -0.1) is 11.8 Å². The Morgan fingerprint density at radius 2 is 1.85 bits per heavy atom. The molecule has 2 atom stereocenters. The largest absolute Gasteiger partial charge is 0.342 e. The minimum absolute atomic E-state index is 0.0752. The van der Waals surface area contributed by atoms with E-state index in [1.807, 2.05) is 28.5 Å². The zero-order chi connectivity index (χ0) is 18.9. The van der Waals surface area contributed by atoms with Crippen LogP contribution in [0.2, 0.25) is 0 Å². The van der Waals surface area contributed by atoms with Crippen molar-refractivity contribution >= 4 is 29.5 Å². The van der Waals surface area contributed by atoms with Crippen LogP contribution in [0.15, 0.2) is 0 Å². The molecule has 3 amide bonds. The molecule has 2 unspecified atom stereocenters. The average molecular weight is 383 g/mol. The monoisotopic (exact) mass is 382 g/mol. The van der Waals surface area contributed by atoms with Crippen LogP contribution in [0.5, 0.6) is 0 Å². The Morgan fingerprint density at radius 1 is 1.19 bits per heavy atom. The third kappa shape index (κ3) is 3.58. The van der Waals surface area contributed by atoms with Crippen LogP contribution in [0.3, 0.4) is 0 Å². The molecule has 8 heteroatoms. The van der Waals surface area contributed by atoms with Gasteiger partial charge in [0, 0.05) is 51.4 Å². The number of nitrogens with zero attached hydrogens (tertiary/aromatic N) is 4. The van der Waals surface area contributed by atoms with Crippen LogP contribution in [-0.4, -0.2) is 99.8 Å². The third-order valence-electron chi connectivity index (χ3n) is 5.89. The van der Waals surface area contributed by atoms with Crippen LogP contribution < -0.4 is 0 Å². The Labute approximate surface area is 160 Å². The highest BCUT2D eigenvalue weighted by Crippen LogP contribution is 2.47. The molecule has 7 nitrogen and oxygen atoms in total. The van der Waals surface area contributed by atoms with Gasteiger partial charge in [0.2, 0.25) is 17.7 Å². The number of amides is 3. The van der Waals surface area contributed by atoms with Crippen molar-refractivity contribution in [2.75, 3.05) is 51.6 Å². The number of hydrogen-bond acceptors (Lipinski definition) is 5. The average Bonchev–Trinajstić information content (AvgIpc) is 3.12. The Kier molecular flexibility index (Phi) is 5.81. The SMILES string of the molecule is CCN(CC)C(=O)CN1CCN(C(=O)C2CSC3(C)CCC(=O)N23)CC1.